The first-order valence-corrected chi connectivity index (χ1v) is 6.22. The maximum atomic E-state index is 13.1. The van der Waals surface area contributed by atoms with Crippen molar-refractivity contribution in [3.63, 3.8) is 0 Å². The zero-order chi connectivity index (χ0) is 16.5. The Morgan fingerprint density at radius 3 is 1.73 bits per heavy atom. The Bertz CT molecular complexity index is 672. The van der Waals surface area contributed by atoms with E-state index >= 15 is 0 Å². The fourth-order valence-electron chi connectivity index (χ4n) is 2.29. The molecule has 118 valence electrons. The fraction of sp³-hybridized carbons (Fsp3) is 0.200. The fourth-order valence-corrected chi connectivity index (χ4v) is 2.29. The van der Waals surface area contributed by atoms with Crippen LogP contribution in [0.3, 0.4) is 0 Å². The minimum Gasteiger partial charge on any atom is -0.326 e. The summed E-state index contributed by atoms with van der Waals surface area (Å²) in [6.07, 6.45) is -9.35. The molecule has 2 aromatic rings. The highest BCUT2D eigenvalue weighted by Crippen LogP contribution is 2.41. The summed E-state index contributed by atoms with van der Waals surface area (Å²) in [5, 5.41) is 0. The van der Waals surface area contributed by atoms with E-state index in [0.717, 1.165) is 24.3 Å². The van der Waals surface area contributed by atoms with E-state index in [0.29, 0.717) is 0 Å². The van der Waals surface area contributed by atoms with E-state index < -0.39 is 30.0 Å². The average molecular weight is 319 g/mol. The number of hydrogen-bond acceptors (Lipinski definition) is 1. The van der Waals surface area contributed by atoms with Gasteiger partial charge in [0.1, 0.15) is 0 Å². The molecule has 2 aromatic carbocycles. The van der Waals surface area contributed by atoms with Crippen LogP contribution in [0.15, 0.2) is 42.5 Å². The number of halogens is 6. The zero-order valence-electron chi connectivity index (χ0n) is 11.1. The zero-order valence-corrected chi connectivity index (χ0v) is 11.1. The molecule has 2 rings (SSSR count). The summed E-state index contributed by atoms with van der Waals surface area (Å²) in [5.41, 5.74) is 2.51. The van der Waals surface area contributed by atoms with Crippen molar-refractivity contribution in [2.75, 3.05) is 0 Å². The van der Waals surface area contributed by atoms with Crippen molar-refractivity contribution in [3.05, 3.63) is 59.2 Å². The second-order valence-electron chi connectivity index (χ2n) is 4.58. The van der Waals surface area contributed by atoms with Gasteiger partial charge in [-0.2, -0.15) is 26.3 Å². The largest absolute Gasteiger partial charge is 0.417 e. The highest BCUT2D eigenvalue weighted by Gasteiger charge is 2.36. The monoisotopic (exact) mass is 319 g/mol. The summed E-state index contributed by atoms with van der Waals surface area (Å²) in [7, 11) is 0. The standard InChI is InChI=1S/C15H11F6N/c16-14(17,18)12-6-2-1-4-10(12)9-5-3-7-13(11(9)8-22)15(19,20)21/h1-7H,8,22H2. The van der Waals surface area contributed by atoms with Crippen LogP contribution in [0, 0.1) is 0 Å². The lowest BCUT2D eigenvalue weighted by Gasteiger charge is -2.18. The minimum absolute atomic E-state index is 0.162. The summed E-state index contributed by atoms with van der Waals surface area (Å²) in [5.74, 6) is 0. The molecule has 0 aliphatic rings. The summed E-state index contributed by atoms with van der Waals surface area (Å²) in [4.78, 5) is 0. The van der Waals surface area contributed by atoms with Crippen LogP contribution in [0.4, 0.5) is 26.3 Å². The number of benzene rings is 2. The lowest BCUT2D eigenvalue weighted by molar-refractivity contribution is -0.138. The van der Waals surface area contributed by atoms with Gasteiger partial charge >= 0.3 is 12.4 Å². The predicted octanol–water partition coefficient (Wildman–Crippen LogP) is 4.85. The second kappa shape index (κ2) is 5.64. The predicted molar refractivity (Wildman–Crippen MR) is 69.8 cm³/mol. The van der Waals surface area contributed by atoms with Crippen molar-refractivity contribution in [1.82, 2.24) is 0 Å². The van der Waals surface area contributed by atoms with Crippen molar-refractivity contribution < 1.29 is 26.3 Å². The third kappa shape index (κ3) is 3.09. The molecule has 0 atom stereocenters. The van der Waals surface area contributed by atoms with E-state index in [1.807, 2.05) is 0 Å². The first-order valence-electron chi connectivity index (χ1n) is 6.22. The van der Waals surface area contributed by atoms with Gasteiger partial charge in [-0.1, -0.05) is 30.3 Å². The van der Waals surface area contributed by atoms with Gasteiger partial charge in [0.25, 0.3) is 0 Å². The van der Waals surface area contributed by atoms with E-state index in [4.69, 9.17) is 5.73 Å². The highest BCUT2D eigenvalue weighted by atomic mass is 19.4. The Hall–Kier alpha value is -2.02. The van der Waals surface area contributed by atoms with Gasteiger partial charge in [0.2, 0.25) is 0 Å². The molecule has 0 aromatic heterocycles. The van der Waals surface area contributed by atoms with Gasteiger partial charge in [0.15, 0.2) is 0 Å². The van der Waals surface area contributed by atoms with Gasteiger partial charge < -0.3 is 5.73 Å². The summed E-state index contributed by atoms with van der Waals surface area (Å²) in [6.45, 7) is -0.517. The van der Waals surface area contributed by atoms with Crippen molar-refractivity contribution in [1.29, 1.82) is 0 Å². The maximum Gasteiger partial charge on any atom is 0.417 e. The Kier molecular flexibility index (Phi) is 4.19. The van der Waals surface area contributed by atoms with Crippen molar-refractivity contribution >= 4 is 0 Å². The van der Waals surface area contributed by atoms with Crippen molar-refractivity contribution in [2.24, 2.45) is 5.73 Å². The van der Waals surface area contributed by atoms with Crippen molar-refractivity contribution in [3.8, 4) is 11.1 Å². The normalized spacial score (nSPS) is 12.5. The molecule has 0 amide bonds. The van der Waals surface area contributed by atoms with Gasteiger partial charge in [-0.05, 0) is 28.8 Å². The van der Waals surface area contributed by atoms with Gasteiger partial charge in [-0.3, -0.25) is 0 Å². The molecule has 2 N–H and O–H groups in total. The molecule has 1 nitrogen and oxygen atoms in total. The topological polar surface area (TPSA) is 26.0 Å². The van der Waals surface area contributed by atoms with E-state index in [-0.39, 0.29) is 16.7 Å². The Morgan fingerprint density at radius 2 is 1.18 bits per heavy atom. The average Bonchev–Trinajstić information content (AvgIpc) is 2.44. The molecule has 0 spiro atoms. The maximum absolute atomic E-state index is 13.1. The molecule has 0 fully saturated rings. The van der Waals surface area contributed by atoms with Crippen LogP contribution in [0.1, 0.15) is 16.7 Å². The number of alkyl halides is 6. The molecular formula is C15H11F6N. The third-order valence-corrected chi connectivity index (χ3v) is 3.21. The number of hydrogen-bond donors (Lipinski definition) is 1. The van der Waals surface area contributed by atoms with E-state index in [9.17, 15) is 26.3 Å². The minimum atomic E-state index is -4.68. The van der Waals surface area contributed by atoms with Crippen LogP contribution < -0.4 is 5.73 Å². The van der Waals surface area contributed by atoms with E-state index in [1.165, 1.54) is 18.2 Å². The molecule has 0 radical (unpaired) electrons. The molecule has 0 unspecified atom stereocenters. The molecule has 0 saturated heterocycles. The lowest BCUT2D eigenvalue weighted by Crippen LogP contribution is -2.14. The number of rotatable bonds is 2. The molecule has 0 heterocycles. The van der Waals surface area contributed by atoms with Crippen LogP contribution in [0.5, 0.6) is 0 Å². The Morgan fingerprint density at radius 1 is 0.682 bits per heavy atom. The first kappa shape index (κ1) is 16.4. The van der Waals surface area contributed by atoms with Gasteiger partial charge in [0.05, 0.1) is 11.1 Å². The Balaban J connectivity index is 2.75. The smallest absolute Gasteiger partial charge is 0.326 e. The molecular weight excluding hydrogens is 308 g/mol. The highest BCUT2D eigenvalue weighted by molar-refractivity contribution is 5.72. The quantitative estimate of drug-likeness (QED) is 0.787. The summed E-state index contributed by atoms with van der Waals surface area (Å²) in [6, 6.07) is 7.58. The first-order chi connectivity index (χ1) is 10.2. The molecule has 7 heteroatoms. The van der Waals surface area contributed by atoms with E-state index in [2.05, 4.69) is 0 Å². The molecule has 22 heavy (non-hydrogen) atoms. The van der Waals surface area contributed by atoms with Crippen LogP contribution in [-0.4, -0.2) is 0 Å². The summed E-state index contributed by atoms with van der Waals surface area (Å²) >= 11 is 0. The molecule has 0 bridgehead atoms. The van der Waals surface area contributed by atoms with Crippen LogP contribution in [0.25, 0.3) is 11.1 Å². The van der Waals surface area contributed by atoms with Crippen LogP contribution in [-0.2, 0) is 18.9 Å². The number of nitrogens with two attached hydrogens (primary N) is 1. The van der Waals surface area contributed by atoms with Gasteiger partial charge in [-0.15, -0.1) is 0 Å². The van der Waals surface area contributed by atoms with Crippen molar-refractivity contribution in [2.45, 2.75) is 18.9 Å². The van der Waals surface area contributed by atoms with Gasteiger partial charge in [0, 0.05) is 6.54 Å². The lowest BCUT2D eigenvalue weighted by atomic mass is 9.92. The molecule has 0 aliphatic carbocycles. The molecule has 0 saturated carbocycles. The molecule has 0 aliphatic heterocycles. The van der Waals surface area contributed by atoms with Gasteiger partial charge in [-0.25, -0.2) is 0 Å². The second-order valence-corrected chi connectivity index (χ2v) is 4.58. The van der Waals surface area contributed by atoms with Crippen LogP contribution in [0.2, 0.25) is 0 Å². The summed E-state index contributed by atoms with van der Waals surface area (Å²) < 4.78 is 78.1. The van der Waals surface area contributed by atoms with Crippen LogP contribution >= 0.6 is 0 Å². The van der Waals surface area contributed by atoms with E-state index in [1.54, 1.807) is 0 Å². The Labute approximate surface area is 122 Å². The third-order valence-electron chi connectivity index (χ3n) is 3.21. The SMILES string of the molecule is NCc1c(-c2ccccc2C(F)(F)F)cccc1C(F)(F)F.